The normalized spacial score (nSPS) is 19.6. The number of hydrogen-bond donors (Lipinski definition) is 2. The van der Waals surface area contributed by atoms with Gasteiger partial charge < -0.3 is 19.7 Å². The van der Waals surface area contributed by atoms with Crippen molar-refractivity contribution in [1.82, 2.24) is 9.88 Å². The Bertz CT molecular complexity index is 677. The molecule has 0 radical (unpaired) electrons. The van der Waals surface area contributed by atoms with Crippen molar-refractivity contribution in [2.75, 3.05) is 19.7 Å². The number of rotatable bonds is 6. The van der Waals surface area contributed by atoms with Crippen LogP contribution < -0.4 is 5.32 Å². The van der Waals surface area contributed by atoms with Crippen LogP contribution in [0.5, 0.6) is 0 Å². The van der Waals surface area contributed by atoms with E-state index < -0.39 is 6.10 Å². The SMILES string of the molecule is Cc1c(C)n(C[C@H](O)CNC[C@@H]2CCCO2)c2ccc(F)cc12. The summed E-state index contributed by atoms with van der Waals surface area (Å²) in [6.45, 7) is 6.67. The van der Waals surface area contributed by atoms with E-state index in [9.17, 15) is 9.50 Å². The Labute approximate surface area is 136 Å². The number of nitrogens with one attached hydrogen (secondary N) is 1. The summed E-state index contributed by atoms with van der Waals surface area (Å²) in [4.78, 5) is 0. The van der Waals surface area contributed by atoms with Gasteiger partial charge in [0.1, 0.15) is 5.82 Å². The van der Waals surface area contributed by atoms with Crippen molar-refractivity contribution in [2.45, 2.75) is 45.4 Å². The molecule has 0 saturated carbocycles. The maximum atomic E-state index is 13.5. The molecule has 3 rings (SSSR count). The largest absolute Gasteiger partial charge is 0.390 e. The maximum absolute atomic E-state index is 13.5. The van der Waals surface area contributed by atoms with Gasteiger partial charge in [-0.2, -0.15) is 0 Å². The lowest BCUT2D eigenvalue weighted by Gasteiger charge is -2.17. The summed E-state index contributed by atoms with van der Waals surface area (Å²) in [5, 5.41) is 14.5. The molecule has 23 heavy (non-hydrogen) atoms. The molecule has 1 fully saturated rings. The number of benzene rings is 1. The van der Waals surface area contributed by atoms with Gasteiger partial charge in [0.15, 0.2) is 0 Å². The number of aliphatic hydroxyl groups excluding tert-OH is 1. The van der Waals surface area contributed by atoms with Crippen molar-refractivity contribution in [1.29, 1.82) is 0 Å². The van der Waals surface area contributed by atoms with E-state index in [0.717, 1.165) is 48.2 Å². The van der Waals surface area contributed by atoms with Crippen molar-refractivity contribution in [2.24, 2.45) is 0 Å². The number of fused-ring (bicyclic) bond motifs is 1. The van der Waals surface area contributed by atoms with E-state index in [4.69, 9.17) is 4.74 Å². The first kappa shape index (κ1) is 16.4. The molecule has 0 aliphatic carbocycles. The first-order valence-corrected chi connectivity index (χ1v) is 8.31. The van der Waals surface area contributed by atoms with Crippen LogP contribution in [0.1, 0.15) is 24.1 Å². The molecule has 4 nitrogen and oxygen atoms in total. The smallest absolute Gasteiger partial charge is 0.123 e. The van der Waals surface area contributed by atoms with Crippen molar-refractivity contribution in [3.63, 3.8) is 0 Å². The van der Waals surface area contributed by atoms with Crippen LogP contribution in [0.4, 0.5) is 4.39 Å². The molecular formula is C18H25FN2O2. The summed E-state index contributed by atoms with van der Waals surface area (Å²) in [5.74, 6) is -0.225. The number of aryl methyl sites for hydroxylation is 1. The summed E-state index contributed by atoms with van der Waals surface area (Å²) in [6.07, 6.45) is 2.01. The third kappa shape index (κ3) is 3.57. The molecule has 0 bridgehead atoms. The highest BCUT2D eigenvalue weighted by molar-refractivity contribution is 5.85. The third-order valence-electron chi connectivity index (χ3n) is 4.77. The fraction of sp³-hybridized carbons (Fsp3) is 0.556. The summed E-state index contributed by atoms with van der Waals surface area (Å²) < 4.78 is 21.1. The monoisotopic (exact) mass is 320 g/mol. The second kappa shape index (κ2) is 6.99. The number of hydrogen-bond acceptors (Lipinski definition) is 3. The van der Waals surface area contributed by atoms with Crippen molar-refractivity contribution in [3.05, 3.63) is 35.3 Å². The number of ether oxygens (including phenoxy) is 1. The second-order valence-electron chi connectivity index (χ2n) is 6.43. The molecule has 2 N–H and O–H groups in total. The Balaban J connectivity index is 1.64. The van der Waals surface area contributed by atoms with Gasteiger partial charge in [-0.3, -0.25) is 0 Å². The van der Waals surface area contributed by atoms with E-state index in [-0.39, 0.29) is 11.9 Å². The number of nitrogens with zero attached hydrogens (tertiary/aromatic N) is 1. The summed E-state index contributed by atoms with van der Waals surface area (Å²) >= 11 is 0. The van der Waals surface area contributed by atoms with E-state index in [1.807, 2.05) is 13.8 Å². The molecule has 1 aliphatic rings. The Morgan fingerprint density at radius 3 is 3.00 bits per heavy atom. The highest BCUT2D eigenvalue weighted by Crippen LogP contribution is 2.26. The lowest BCUT2D eigenvalue weighted by Crippen LogP contribution is -2.35. The average molecular weight is 320 g/mol. The average Bonchev–Trinajstić information content (AvgIpc) is 3.11. The molecule has 0 amide bonds. The summed E-state index contributed by atoms with van der Waals surface area (Å²) in [7, 11) is 0. The van der Waals surface area contributed by atoms with Crippen LogP contribution in [-0.4, -0.2) is 41.6 Å². The molecule has 2 heterocycles. The zero-order valence-electron chi connectivity index (χ0n) is 13.8. The van der Waals surface area contributed by atoms with E-state index >= 15 is 0 Å². The van der Waals surface area contributed by atoms with Gasteiger partial charge >= 0.3 is 0 Å². The van der Waals surface area contributed by atoms with Crippen LogP contribution in [-0.2, 0) is 11.3 Å². The van der Waals surface area contributed by atoms with Gasteiger partial charge in [0.2, 0.25) is 0 Å². The summed E-state index contributed by atoms with van der Waals surface area (Å²) in [5.41, 5.74) is 3.11. The van der Waals surface area contributed by atoms with Gasteiger partial charge in [0.05, 0.1) is 18.8 Å². The first-order chi connectivity index (χ1) is 11.1. The lowest BCUT2D eigenvalue weighted by atomic mass is 10.1. The van der Waals surface area contributed by atoms with E-state index in [1.165, 1.54) is 6.07 Å². The van der Waals surface area contributed by atoms with Crippen molar-refractivity contribution >= 4 is 10.9 Å². The fourth-order valence-corrected chi connectivity index (χ4v) is 3.35. The van der Waals surface area contributed by atoms with Crippen LogP contribution in [0, 0.1) is 19.7 Å². The zero-order valence-corrected chi connectivity index (χ0v) is 13.8. The highest BCUT2D eigenvalue weighted by atomic mass is 19.1. The van der Waals surface area contributed by atoms with Gasteiger partial charge in [0, 0.05) is 36.3 Å². The van der Waals surface area contributed by atoms with Gasteiger partial charge in [-0.15, -0.1) is 0 Å². The van der Waals surface area contributed by atoms with Gasteiger partial charge in [-0.05, 0) is 50.5 Å². The molecule has 2 aromatic rings. The molecule has 1 saturated heterocycles. The standard InChI is InChI=1S/C18H25FN2O2/c1-12-13(2)21(18-6-5-14(19)8-17(12)18)11-15(22)9-20-10-16-4-3-7-23-16/h5-6,8,15-16,20,22H,3-4,7,9-11H2,1-2H3/t15-,16+/m1/s1. The second-order valence-corrected chi connectivity index (χ2v) is 6.43. The highest BCUT2D eigenvalue weighted by Gasteiger charge is 2.17. The van der Waals surface area contributed by atoms with Crippen molar-refractivity contribution < 1.29 is 14.2 Å². The lowest BCUT2D eigenvalue weighted by molar-refractivity contribution is 0.101. The Hall–Kier alpha value is -1.43. The zero-order chi connectivity index (χ0) is 16.4. The van der Waals surface area contributed by atoms with Gasteiger partial charge in [-0.1, -0.05) is 0 Å². The predicted molar refractivity (Wildman–Crippen MR) is 89.2 cm³/mol. The molecule has 0 unspecified atom stereocenters. The molecular weight excluding hydrogens is 295 g/mol. The topological polar surface area (TPSA) is 46.4 Å². The molecule has 5 heteroatoms. The quantitative estimate of drug-likeness (QED) is 0.860. The summed E-state index contributed by atoms with van der Waals surface area (Å²) in [6, 6.07) is 4.83. The fourth-order valence-electron chi connectivity index (χ4n) is 3.35. The predicted octanol–water partition coefficient (Wildman–Crippen LogP) is 2.53. The molecule has 0 spiro atoms. The van der Waals surface area contributed by atoms with E-state index in [0.29, 0.717) is 13.1 Å². The Morgan fingerprint density at radius 2 is 2.26 bits per heavy atom. The Kier molecular flexibility index (Phi) is 4.99. The molecule has 126 valence electrons. The molecule has 2 atom stereocenters. The number of halogens is 1. The number of aliphatic hydroxyl groups is 1. The minimum absolute atomic E-state index is 0.225. The van der Waals surface area contributed by atoms with Crippen LogP contribution >= 0.6 is 0 Å². The first-order valence-electron chi connectivity index (χ1n) is 8.31. The minimum Gasteiger partial charge on any atom is -0.390 e. The minimum atomic E-state index is -0.491. The third-order valence-corrected chi connectivity index (χ3v) is 4.77. The Morgan fingerprint density at radius 1 is 1.43 bits per heavy atom. The van der Waals surface area contributed by atoms with Crippen LogP contribution in [0.3, 0.4) is 0 Å². The van der Waals surface area contributed by atoms with Crippen LogP contribution in [0.15, 0.2) is 18.2 Å². The molecule has 1 aromatic heterocycles. The van der Waals surface area contributed by atoms with Crippen LogP contribution in [0.25, 0.3) is 10.9 Å². The van der Waals surface area contributed by atoms with E-state index in [2.05, 4.69) is 9.88 Å². The van der Waals surface area contributed by atoms with E-state index in [1.54, 1.807) is 12.1 Å². The van der Waals surface area contributed by atoms with Gasteiger partial charge in [-0.25, -0.2) is 4.39 Å². The van der Waals surface area contributed by atoms with Crippen LogP contribution in [0.2, 0.25) is 0 Å². The maximum Gasteiger partial charge on any atom is 0.123 e. The molecule has 1 aliphatic heterocycles. The van der Waals surface area contributed by atoms with Gasteiger partial charge in [0.25, 0.3) is 0 Å². The van der Waals surface area contributed by atoms with Crippen molar-refractivity contribution in [3.8, 4) is 0 Å². The number of aromatic nitrogens is 1. The molecule has 1 aromatic carbocycles.